The molecule has 4 atom stereocenters. The molecule has 1 saturated carbocycles. The molecule has 4 N–H and O–H groups in total. The van der Waals surface area contributed by atoms with Crippen LogP contribution in [0.1, 0.15) is 47.9 Å². The normalized spacial score (nSPS) is 17.7. The third-order valence-electron chi connectivity index (χ3n) is 8.88. The van der Waals surface area contributed by atoms with Crippen molar-refractivity contribution in [3.05, 3.63) is 131 Å². The first kappa shape index (κ1) is 36.9. The van der Waals surface area contributed by atoms with E-state index in [-0.39, 0.29) is 22.6 Å². The quantitative estimate of drug-likeness (QED) is 0.153. The van der Waals surface area contributed by atoms with Gasteiger partial charge in [0.2, 0.25) is 31.9 Å². The predicted molar refractivity (Wildman–Crippen MR) is 193 cm³/mol. The molecule has 1 aliphatic carbocycles. The maximum absolute atomic E-state index is 13.9. The summed E-state index contributed by atoms with van der Waals surface area (Å²) in [6, 6.07) is 27.8. The first-order valence-corrected chi connectivity index (χ1v) is 19.7. The SMILES string of the molecule is Cc1ccc(S(=O)(=O)N[C@@H](Cc2ccccc2)C(=O)N[C@H]2CCCC[C@@H]2NC(=O)[C@H](Cc2ccccc2)NS(=O)(=O)c2ccc(C)cc2)cc1. The molecular formula is C38H44N4O6S2. The van der Waals surface area contributed by atoms with E-state index >= 15 is 0 Å². The first-order chi connectivity index (χ1) is 23.9. The molecule has 2 amide bonds. The lowest BCUT2D eigenvalue weighted by molar-refractivity contribution is -0.126. The van der Waals surface area contributed by atoms with Crippen LogP contribution in [0.3, 0.4) is 0 Å². The van der Waals surface area contributed by atoms with Gasteiger partial charge in [0.1, 0.15) is 12.1 Å². The average molecular weight is 717 g/mol. The van der Waals surface area contributed by atoms with Crippen LogP contribution in [0.15, 0.2) is 119 Å². The lowest BCUT2D eigenvalue weighted by Gasteiger charge is -2.35. The van der Waals surface area contributed by atoms with E-state index in [1.807, 2.05) is 74.5 Å². The molecule has 0 aromatic heterocycles. The molecule has 1 aliphatic rings. The minimum atomic E-state index is -4.04. The summed E-state index contributed by atoms with van der Waals surface area (Å²) in [6.45, 7) is 3.72. The smallest absolute Gasteiger partial charge is 0.241 e. The molecule has 1 fully saturated rings. The van der Waals surface area contributed by atoms with Crippen LogP contribution in [0.2, 0.25) is 0 Å². The molecule has 0 heterocycles. The molecule has 50 heavy (non-hydrogen) atoms. The first-order valence-electron chi connectivity index (χ1n) is 16.8. The summed E-state index contributed by atoms with van der Waals surface area (Å²) >= 11 is 0. The second-order valence-corrected chi connectivity index (χ2v) is 16.3. The number of aryl methyl sites for hydroxylation is 2. The number of hydrogen-bond acceptors (Lipinski definition) is 6. The van der Waals surface area contributed by atoms with Gasteiger partial charge in [0.15, 0.2) is 0 Å². The Balaban J connectivity index is 1.34. The summed E-state index contributed by atoms with van der Waals surface area (Å²) in [4.78, 5) is 27.9. The van der Waals surface area contributed by atoms with Crippen molar-refractivity contribution in [3.8, 4) is 0 Å². The highest BCUT2D eigenvalue weighted by atomic mass is 32.2. The Hall–Kier alpha value is -4.36. The van der Waals surface area contributed by atoms with Crippen molar-refractivity contribution < 1.29 is 26.4 Å². The van der Waals surface area contributed by atoms with Crippen molar-refractivity contribution in [1.82, 2.24) is 20.1 Å². The Kier molecular flexibility index (Phi) is 12.2. The minimum Gasteiger partial charge on any atom is -0.350 e. The Morgan fingerprint density at radius 1 is 0.560 bits per heavy atom. The predicted octanol–water partition coefficient (Wildman–Crippen LogP) is 4.33. The number of amides is 2. The van der Waals surface area contributed by atoms with Crippen molar-refractivity contribution in [1.29, 1.82) is 0 Å². The second kappa shape index (κ2) is 16.6. The van der Waals surface area contributed by atoms with Gasteiger partial charge in [0.05, 0.1) is 9.79 Å². The standard InChI is InChI=1S/C38H44N4O6S2/c1-27-17-21-31(22-18-27)49(45,46)41-35(25-29-11-5-3-6-12-29)37(43)39-33-15-9-10-16-34(33)40-38(44)36(26-30-13-7-4-8-14-30)42-50(47,48)32-23-19-28(2)20-24-32/h3-8,11-14,17-24,33-36,41-42H,9-10,15-16,25-26H2,1-2H3,(H,39,43)(H,40,44)/t33-,34-,35-,36-/m0/s1. The molecule has 264 valence electrons. The van der Waals surface area contributed by atoms with Gasteiger partial charge in [-0.15, -0.1) is 0 Å². The molecule has 10 nitrogen and oxygen atoms in total. The van der Waals surface area contributed by atoms with E-state index in [0.717, 1.165) is 35.1 Å². The summed E-state index contributed by atoms with van der Waals surface area (Å²) in [6.07, 6.45) is 2.92. The zero-order chi connectivity index (χ0) is 35.7. The van der Waals surface area contributed by atoms with Crippen molar-refractivity contribution in [2.24, 2.45) is 0 Å². The van der Waals surface area contributed by atoms with Gasteiger partial charge < -0.3 is 10.6 Å². The van der Waals surface area contributed by atoms with E-state index < -0.39 is 56.0 Å². The van der Waals surface area contributed by atoms with Crippen molar-refractivity contribution in [3.63, 3.8) is 0 Å². The van der Waals surface area contributed by atoms with Gasteiger partial charge in [-0.1, -0.05) is 109 Å². The molecule has 4 aromatic rings. The Morgan fingerprint density at radius 3 is 1.24 bits per heavy atom. The zero-order valence-electron chi connectivity index (χ0n) is 28.2. The molecule has 0 radical (unpaired) electrons. The fourth-order valence-corrected chi connectivity index (χ4v) is 8.45. The van der Waals surface area contributed by atoms with Crippen LogP contribution in [0.4, 0.5) is 0 Å². The summed E-state index contributed by atoms with van der Waals surface area (Å²) in [5.41, 5.74) is 3.36. The maximum Gasteiger partial charge on any atom is 0.241 e. The lowest BCUT2D eigenvalue weighted by atomic mass is 9.89. The molecule has 12 heteroatoms. The van der Waals surface area contributed by atoms with Crippen LogP contribution in [-0.4, -0.2) is 52.8 Å². The molecule has 4 aromatic carbocycles. The molecule has 0 saturated heterocycles. The Labute approximate surface area is 295 Å². The van der Waals surface area contributed by atoms with E-state index in [4.69, 9.17) is 0 Å². The van der Waals surface area contributed by atoms with Gasteiger partial charge in [-0.25, -0.2) is 16.8 Å². The third-order valence-corrected chi connectivity index (χ3v) is 11.9. The Morgan fingerprint density at radius 2 is 0.900 bits per heavy atom. The summed E-state index contributed by atoms with van der Waals surface area (Å²) in [7, 11) is -8.09. The Bertz CT molecular complexity index is 1810. The molecule has 0 aliphatic heterocycles. The number of benzene rings is 4. The van der Waals surface area contributed by atoms with E-state index in [1.54, 1.807) is 24.3 Å². The molecule has 5 rings (SSSR count). The summed E-state index contributed by atoms with van der Waals surface area (Å²) in [5.74, 6) is -1.03. The van der Waals surface area contributed by atoms with Gasteiger partial charge in [0, 0.05) is 12.1 Å². The van der Waals surface area contributed by atoms with Crippen molar-refractivity contribution >= 4 is 31.9 Å². The average Bonchev–Trinajstić information content (AvgIpc) is 3.09. The van der Waals surface area contributed by atoms with E-state index in [9.17, 15) is 26.4 Å². The van der Waals surface area contributed by atoms with Crippen LogP contribution in [-0.2, 0) is 42.5 Å². The van der Waals surface area contributed by atoms with Crippen LogP contribution in [0.25, 0.3) is 0 Å². The highest BCUT2D eigenvalue weighted by molar-refractivity contribution is 7.89. The van der Waals surface area contributed by atoms with Crippen molar-refractivity contribution in [2.45, 2.75) is 86.3 Å². The van der Waals surface area contributed by atoms with E-state index in [0.29, 0.717) is 12.8 Å². The number of sulfonamides is 2. The molecular weight excluding hydrogens is 673 g/mol. The molecule has 0 unspecified atom stereocenters. The molecule has 0 spiro atoms. The van der Waals surface area contributed by atoms with Crippen LogP contribution >= 0.6 is 0 Å². The number of hydrogen-bond donors (Lipinski definition) is 4. The topological polar surface area (TPSA) is 151 Å². The highest BCUT2D eigenvalue weighted by Gasteiger charge is 2.34. The number of carbonyl (C=O) groups is 2. The van der Waals surface area contributed by atoms with E-state index in [2.05, 4.69) is 20.1 Å². The largest absolute Gasteiger partial charge is 0.350 e. The molecule has 0 bridgehead atoms. The van der Waals surface area contributed by atoms with Gasteiger partial charge >= 0.3 is 0 Å². The number of rotatable bonds is 14. The van der Waals surface area contributed by atoms with E-state index in [1.165, 1.54) is 24.3 Å². The van der Waals surface area contributed by atoms with Crippen LogP contribution in [0.5, 0.6) is 0 Å². The lowest BCUT2D eigenvalue weighted by Crippen LogP contribution is -2.59. The van der Waals surface area contributed by atoms with Crippen LogP contribution in [0, 0.1) is 13.8 Å². The fraction of sp³-hybridized carbons (Fsp3) is 0.316. The maximum atomic E-state index is 13.9. The third kappa shape index (κ3) is 10.1. The second-order valence-electron chi connectivity index (χ2n) is 12.9. The van der Waals surface area contributed by atoms with Gasteiger partial charge in [0.25, 0.3) is 0 Å². The van der Waals surface area contributed by atoms with Gasteiger partial charge in [-0.05, 0) is 74.9 Å². The number of carbonyl (C=O) groups excluding carboxylic acids is 2. The summed E-state index contributed by atoms with van der Waals surface area (Å²) in [5, 5.41) is 6.05. The summed E-state index contributed by atoms with van der Waals surface area (Å²) < 4.78 is 58.8. The van der Waals surface area contributed by atoms with Gasteiger partial charge in [-0.3, -0.25) is 9.59 Å². The zero-order valence-corrected chi connectivity index (χ0v) is 29.8. The van der Waals surface area contributed by atoms with Gasteiger partial charge in [-0.2, -0.15) is 9.44 Å². The fourth-order valence-electron chi connectivity index (χ4n) is 6.06. The highest BCUT2D eigenvalue weighted by Crippen LogP contribution is 2.21. The number of nitrogens with one attached hydrogen (secondary N) is 4. The minimum absolute atomic E-state index is 0.0503. The van der Waals surface area contributed by atoms with Crippen LogP contribution < -0.4 is 20.1 Å². The monoisotopic (exact) mass is 716 g/mol. The van der Waals surface area contributed by atoms with Crippen molar-refractivity contribution in [2.75, 3.05) is 0 Å².